The third-order valence-electron chi connectivity index (χ3n) is 9.87. The number of aryl methyl sites for hydroxylation is 1. The first kappa shape index (κ1) is 30.8. The molecule has 9 unspecified atom stereocenters. The number of imidazole rings is 1. The fourth-order valence-corrected chi connectivity index (χ4v) is 7.50. The summed E-state index contributed by atoms with van der Waals surface area (Å²) in [7, 11) is 5.19. The molecule has 9 atom stereocenters. The molecular weight excluding hydrogens is 509 g/mol. The number of halogens is 3. The summed E-state index contributed by atoms with van der Waals surface area (Å²) in [5, 5.41) is 7.58. The van der Waals surface area contributed by atoms with E-state index in [1.165, 1.54) is 0 Å². The summed E-state index contributed by atoms with van der Waals surface area (Å²) in [5.41, 5.74) is 0. The van der Waals surface area contributed by atoms with Crippen molar-refractivity contribution < 1.29 is 27.4 Å². The Morgan fingerprint density at radius 1 is 1.03 bits per heavy atom. The first-order valence-electron chi connectivity index (χ1n) is 14.7. The molecule has 0 bridgehead atoms. The topological polar surface area (TPSA) is 69.6 Å². The summed E-state index contributed by atoms with van der Waals surface area (Å²) in [4.78, 5) is 4.38. The smallest absolute Gasteiger partial charge is 0.381 e. The second-order valence-corrected chi connectivity index (χ2v) is 12.3. The van der Waals surface area contributed by atoms with Crippen LogP contribution in [-0.2, 0) is 20.8 Å². The van der Waals surface area contributed by atoms with Gasteiger partial charge >= 0.3 is 6.18 Å². The maximum atomic E-state index is 13.8. The molecule has 2 aliphatic carbocycles. The zero-order chi connectivity index (χ0) is 28.2. The van der Waals surface area contributed by atoms with Gasteiger partial charge in [0.05, 0.1) is 24.2 Å². The van der Waals surface area contributed by atoms with E-state index in [-0.39, 0.29) is 55.2 Å². The van der Waals surface area contributed by atoms with Gasteiger partial charge in [0.1, 0.15) is 5.82 Å². The minimum atomic E-state index is -4.16. The molecule has 3 aliphatic rings. The van der Waals surface area contributed by atoms with Crippen molar-refractivity contribution in [3.63, 3.8) is 0 Å². The standard InChI is InChI=1S/C29H49F3N4O3/c1-18(21-12-24(37-3)15-25(13-21)38-4)34-16-23-10-20(17-36-9-8-33-19(36)2)11-27(35-23)26-14-22(29(30,31)32)6-7-28(26)39-5/h8-9,18,20-28,34-35H,6-7,10-17H2,1-5H3. The van der Waals surface area contributed by atoms with Crippen LogP contribution in [0.3, 0.4) is 0 Å². The Bertz CT molecular complexity index is 872. The Balaban J connectivity index is 1.45. The van der Waals surface area contributed by atoms with Crippen molar-refractivity contribution in [3.05, 3.63) is 18.2 Å². The number of nitrogens with zero attached hydrogens (tertiary/aromatic N) is 2. The molecule has 0 radical (unpaired) electrons. The number of nitrogens with one attached hydrogen (secondary N) is 2. The summed E-state index contributed by atoms with van der Waals surface area (Å²) in [6, 6.07) is 0.437. The predicted molar refractivity (Wildman–Crippen MR) is 144 cm³/mol. The number of rotatable bonds is 10. The van der Waals surface area contributed by atoms with E-state index in [9.17, 15) is 13.2 Å². The summed E-state index contributed by atoms with van der Waals surface area (Å²) in [6.45, 7) is 5.84. The average Bonchev–Trinajstić information content (AvgIpc) is 3.34. The van der Waals surface area contributed by atoms with Crippen LogP contribution >= 0.6 is 0 Å². The summed E-state index contributed by atoms with van der Waals surface area (Å²) in [5.74, 6) is 0.347. The van der Waals surface area contributed by atoms with E-state index in [1.807, 2.05) is 19.3 Å². The highest BCUT2D eigenvalue weighted by Gasteiger charge is 2.48. The number of methoxy groups -OCH3 is 3. The van der Waals surface area contributed by atoms with E-state index < -0.39 is 12.1 Å². The first-order chi connectivity index (χ1) is 18.6. The lowest BCUT2D eigenvalue weighted by Gasteiger charge is -2.46. The maximum Gasteiger partial charge on any atom is 0.391 e. The van der Waals surface area contributed by atoms with Gasteiger partial charge in [-0.15, -0.1) is 0 Å². The van der Waals surface area contributed by atoms with Gasteiger partial charge in [-0.25, -0.2) is 4.98 Å². The van der Waals surface area contributed by atoms with Crippen LogP contribution in [0.2, 0.25) is 0 Å². The van der Waals surface area contributed by atoms with Crippen molar-refractivity contribution in [1.29, 1.82) is 0 Å². The van der Waals surface area contributed by atoms with Crippen molar-refractivity contribution in [2.45, 2.75) is 114 Å². The van der Waals surface area contributed by atoms with Crippen molar-refractivity contribution in [3.8, 4) is 0 Å². The van der Waals surface area contributed by atoms with Crippen LogP contribution in [0, 0.1) is 30.6 Å². The van der Waals surface area contributed by atoms with Gasteiger partial charge in [-0.05, 0) is 77.0 Å². The second-order valence-electron chi connectivity index (χ2n) is 12.3. The zero-order valence-electron chi connectivity index (χ0n) is 24.3. The molecule has 224 valence electrons. The predicted octanol–water partition coefficient (Wildman–Crippen LogP) is 4.73. The molecule has 2 N–H and O–H groups in total. The van der Waals surface area contributed by atoms with Gasteiger partial charge in [-0.1, -0.05) is 0 Å². The number of aromatic nitrogens is 2. The molecule has 1 aromatic rings. The fraction of sp³-hybridized carbons (Fsp3) is 0.897. The van der Waals surface area contributed by atoms with Crippen molar-refractivity contribution in [2.75, 3.05) is 27.9 Å². The molecule has 1 aromatic heterocycles. The lowest BCUT2D eigenvalue weighted by molar-refractivity contribution is -0.195. The fourth-order valence-electron chi connectivity index (χ4n) is 7.50. The van der Waals surface area contributed by atoms with E-state index in [4.69, 9.17) is 14.2 Å². The monoisotopic (exact) mass is 558 g/mol. The van der Waals surface area contributed by atoms with E-state index >= 15 is 0 Å². The van der Waals surface area contributed by atoms with Gasteiger partial charge in [-0.3, -0.25) is 0 Å². The van der Waals surface area contributed by atoms with Gasteiger partial charge in [0.25, 0.3) is 0 Å². The SMILES string of the molecule is COC1CC(OC)CC(C(C)NCC2CC(Cn3ccnc3C)CC(C3CC(C(F)(F)F)CCC3OC)N2)C1. The normalized spacial score (nSPS) is 37.1. The highest BCUT2D eigenvalue weighted by Crippen LogP contribution is 2.44. The molecule has 7 nitrogen and oxygen atoms in total. The van der Waals surface area contributed by atoms with Crippen LogP contribution in [0.5, 0.6) is 0 Å². The van der Waals surface area contributed by atoms with Crippen molar-refractivity contribution in [2.24, 2.45) is 23.7 Å². The van der Waals surface area contributed by atoms with Crippen molar-refractivity contribution in [1.82, 2.24) is 20.2 Å². The number of alkyl halides is 3. The maximum absolute atomic E-state index is 13.8. The Hall–Kier alpha value is -1.20. The third kappa shape index (κ3) is 7.97. The second kappa shape index (κ2) is 13.6. The minimum absolute atomic E-state index is 0.0183. The van der Waals surface area contributed by atoms with E-state index in [0.29, 0.717) is 18.3 Å². The lowest BCUT2D eigenvalue weighted by Crippen LogP contribution is -2.57. The quantitative estimate of drug-likeness (QED) is 0.433. The summed E-state index contributed by atoms with van der Waals surface area (Å²) < 4.78 is 60.6. The number of hydrogen-bond acceptors (Lipinski definition) is 6. The zero-order valence-corrected chi connectivity index (χ0v) is 24.3. The van der Waals surface area contributed by atoms with Gasteiger partial charge in [0.15, 0.2) is 0 Å². The molecule has 3 fully saturated rings. The van der Waals surface area contributed by atoms with Crippen LogP contribution in [0.15, 0.2) is 12.4 Å². The lowest BCUT2D eigenvalue weighted by atomic mass is 9.71. The Morgan fingerprint density at radius 2 is 1.74 bits per heavy atom. The number of piperidine rings is 1. The van der Waals surface area contributed by atoms with Crippen LogP contribution in [0.4, 0.5) is 13.2 Å². The Morgan fingerprint density at radius 3 is 2.33 bits per heavy atom. The van der Waals surface area contributed by atoms with Gasteiger partial charge in [-0.2, -0.15) is 13.2 Å². The molecule has 39 heavy (non-hydrogen) atoms. The van der Waals surface area contributed by atoms with Crippen LogP contribution < -0.4 is 10.6 Å². The number of hydrogen-bond donors (Lipinski definition) is 2. The summed E-state index contributed by atoms with van der Waals surface area (Å²) in [6.07, 6.45) is 5.40. The largest absolute Gasteiger partial charge is 0.391 e. The average molecular weight is 559 g/mol. The molecule has 0 aromatic carbocycles. The van der Waals surface area contributed by atoms with Gasteiger partial charge < -0.3 is 29.4 Å². The van der Waals surface area contributed by atoms with E-state index in [2.05, 4.69) is 27.1 Å². The van der Waals surface area contributed by atoms with Gasteiger partial charge in [0, 0.05) is 70.9 Å². The highest BCUT2D eigenvalue weighted by molar-refractivity contribution is 4.98. The Labute approximate surface area is 231 Å². The third-order valence-corrected chi connectivity index (χ3v) is 9.87. The summed E-state index contributed by atoms with van der Waals surface area (Å²) >= 11 is 0. The van der Waals surface area contributed by atoms with E-state index in [1.54, 1.807) is 21.3 Å². The molecule has 1 aliphatic heterocycles. The molecule has 10 heteroatoms. The molecule has 2 heterocycles. The molecular formula is C29H49F3N4O3. The van der Waals surface area contributed by atoms with E-state index in [0.717, 1.165) is 51.0 Å². The number of ether oxygens (including phenoxy) is 3. The molecule has 0 amide bonds. The highest BCUT2D eigenvalue weighted by atomic mass is 19.4. The van der Waals surface area contributed by atoms with Crippen LogP contribution in [0.1, 0.15) is 64.1 Å². The first-order valence-corrected chi connectivity index (χ1v) is 14.7. The Kier molecular flexibility index (Phi) is 10.8. The minimum Gasteiger partial charge on any atom is -0.381 e. The van der Waals surface area contributed by atoms with Crippen LogP contribution in [-0.4, -0.2) is 80.0 Å². The molecule has 4 rings (SSSR count). The molecule has 2 saturated carbocycles. The molecule has 0 spiro atoms. The van der Waals surface area contributed by atoms with Crippen molar-refractivity contribution >= 4 is 0 Å². The van der Waals surface area contributed by atoms with Gasteiger partial charge in [0.2, 0.25) is 0 Å². The molecule has 1 saturated heterocycles. The van der Waals surface area contributed by atoms with Crippen LogP contribution in [0.25, 0.3) is 0 Å².